The molecule has 0 amide bonds. The van der Waals surface area contributed by atoms with Crippen LogP contribution in [0.25, 0.3) is 5.69 Å². The van der Waals surface area contributed by atoms with Crippen molar-refractivity contribution in [2.75, 3.05) is 5.32 Å². The summed E-state index contributed by atoms with van der Waals surface area (Å²) >= 11 is 0. The van der Waals surface area contributed by atoms with Gasteiger partial charge in [0.2, 0.25) is 0 Å². The third kappa shape index (κ3) is 3.06. The molecule has 1 aliphatic carbocycles. The molecule has 1 saturated carbocycles. The van der Waals surface area contributed by atoms with Gasteiger partial charge in [0.05, 0.1) is 5.69 Å². The Morgan fingerprint density at radius 3 is 2.76 bits per heavy atom. The summed E-state index contributed by atoms with van der Waals surface area (Å²) in [6.07, 6.45) is 3.81. The molecule has 2 aromatic rings. The zero-order chi connectivity index (χ0) is 14.8. The standard InChI is InChI=1S/C16H23N5/c1-11-7-8-15(9-12(11)2)17-14-5-4-6-16(10-14)21-13(3)18-19-20-21/h4-6,10-12,15,17H,7-9H2,1-3H3. The van der Waals surface area contributed by atoms with E-state index in [2.05, 4.69) is 46.8 Å². The van der Waals surface area contributed by atoms with E-state index in [0.717, 1.165) is 29.0 Å². The number of nitrogens with zero attached hydrogens (tertiary/aromatic N) is 4. The van der Waals surface area contributed by atoms with Crippen molar-refractivity contribution < 1.29 is 0 Å². The first-order valence-corrected chi connectivity index (χ1v) is 7.75. The first-order valence-electron chi connectivity index (χ1n) is 7.75. The predicted molar refractivity (Wildman–Crippen MR) is 83.5 cm³/mol. The quantitative estimate of drug-likeness (QED) is 0.941. The van der Waals surface area contributed by atoms with Gasteiger partial charge in [0.15, 0.2) is 5.82 Å². The lowest BCUT2D eigenvalue weighted by atomic mass is 9.79. The Labute approximate surface area is 125 Å². The first kappa shape index (κ1) is 14.0. The van der Waals surface area contributed by atoms with Gasteiger partial charge in [0.1, 0.15) is 0 Å². The molecule has 0 radical (unpaired) electrons. The van der Waals surface area contributed by atoms with E-state index in [1.54, 1.807) is 4.68 Å². The SMILES string of the molecule is Cc1nnnn1-c1cccc(NC2CCC(C)C(C)C2)c1. The highest BCUT2D eigenvalue weighted by Gasteiger charge is 2.24. The minimum absolute atomic E-state index is 0.571. The summed E-state index contributed by atoms with van der Waals surface area (Å²) in [7, 11) is 0. The Morgan fingerprint density at radius 2 is 2.05 bits per heavy atom. The normalized spacial score (nSPS) is 25.8. The van der Waals surface area contributed by atoms with E-state index >= 15 is 0 Å². The highest BCUT2D eigenvalue weighted by Crippen LogP contribution is 2.31. The van der Waals surface area contributed by atoms with Crippen LogP contribution in [-0.2, 0) is 0 Å². The topological polar surface area (TPSA) is 55.6 Å². The molecule has 112 valence electrons. The minimum atomic E-state index is 0.571. The molecule has 0 saturated heterocycles. The van der Waals surface area contributed by atoms with E-state index in [9.17, 15) is 0 Å². The lowest BCUT2D eigenvalue weighted by molar-refractivity contribution is 0.261. The van der Waals surface area contributed by atoms with Crippen molar-refractivity contribution in [1.82, 2.24) is 20.2 Å². The molecule has 3 rings (SSSR count). The average Bonchev–Trinajstić information content (AvgIpc) is 2.89. The van der Waals surface area contributed by atoms with Crippen LogP contribution in [0.3, 0.4) is 0 Å². The van der Waals surface area contributed by atoms with E-state index in [1.165, 1.54) is 19.3 Å². The highest BCUT2D eigenvalue weighted by atomic mass is 15.5. The number of benzene rings is 1. The van der Waals surface area contributed by atoms with Crippen LogP contribution in [0.15, 0.2) is 24.3 Å². The summed E-state index contributed by atoms with van der Waals surface area (Å²) < 4.78 is 1.76. The molecule has 0 aliphatic heterocycles. The van der Waals surface area contributed by atoms with Crippen molar-refractivity contribution in [2.24, 2.45) is 11.8 Å². The number of aromatic nitrogens is 4. The van der Waals surface area contributed by atoms with Crippen LogP contribution >= 0.6 is 0 Å². The van der Waals surface area contributed by atoms with Crippen molar-refractivity contribution in [1.29, 1.82) is 0 Å². The van der Waals surface area contributed by atoms with Crippen molar-refractivity contribution in [3.8, 4) is 5.69 Å². The van der Waals surface area contributed by atoms with E-state index < -0.39 is 0 Å². The summed E-state index contributed by atoms with van der Waals surface area (Å²) in [5.41, 5.74) is 2.15. The third-order valence-corrected chi connectivity index (χ3v) is 4.69. The van der Waals surface area contributed by atoms with Crippen molar-refractivity contribution in [3.05, 3.63) is 30.1 Å². The summed E-state index contributed by atoms with van der Waals surface area (Å²) in [6.45, 7) is 6.63. The molecule has 1 aromatic carbocycles. The van der Waals surface area contributed by atoms with Gasteiger partial charge in [-0.05, 0) is 66.6 Å². The third-order valence-electron chi connectivity index (χ3n) is 4.69. The largest absolute Gasteiger partial charge is 0.382 e. The number of rotatable bonds is 3. The molecule has 3 unspecified atom stereocenters. The zero-order valence-corrected chi connectivity index (χ0v) is 13.0. The molecular formula is C16H23N5. The Hall–Kier alpha value is -1.91. The number of aryl methyl sites for hydroxylation is 1. The second-order valence-electron chi connectivity index (χ2n) is 6.30. The predicted octanol–water partition coefficient (Wildman–Crippen LogP) is 3.21. The molecule has 5 heteroatoms. The maximum atomic E-state index is 4.02. The van der Waals surface area contributed by atoms with Gasteiger partial charge >= 0.3 is 0 Å². The molecular weight excluding hydrogens is 262 g/mol. The lowest BCUT2D eigenvalue weighted by Gasteiger charge is -2.33. The molecule has 1 aromatic heterocycles. The monoisotopic (exact) mass is 285 g/mol. The van der Waals surface area contributed by atoms with Crippen molar-refractivity contribution in [3.63, 3.8) is 0 Å². The van der Waals surface area contributed by atoms with Gasteiger partial charge in [-0.3, -0.25) is 0 Å². The van der Waals surface area contributed by atoms with Gasteiger partial charge < -0.3 is 5.32 Å². The second-order valence-corrected chi connectivity index (χ2v) is 6.30. The summed E-state index contributed by atoms with van der Waals surface area (Å²) in [6, 6.07) is 8.88. The van der Waals surface area contributed by atoms with Crippen molar-refractivity contribution in [2.45, 2.75) is 46.1 Å². The zero-order valence-electron chi connectivity index (χ0n) is 13.0. The van der Waals surface area contributed by atoms with Crippen LogP contribution < -0.4 is 5.32 Å². The van der Waals surface area contributed by atoms with Crippen LogP contribution in [0, 0.1) is 18.8 Å². The number of nitrogens with one attached hydrogen (secondary N) is 1. The Balaban J connectivity index is 1.74. The van der Waals surface area contributed by atoms with E-state index in [0.29, 0.717) is 6.04 Å². The van der Waals surface area contributed by atoms with E-state index in [4.69, 9.17) is 0 Å². The molecule has 1 heterocycles. The summed E-state index contributed by atoms with van der Waals surface area (Å²) in [4.78, 5) is 0. The summed E-state index contributed by atoms with van der Waals surface area (Å²) in [5.74, 6) is 2.44. The van der Waals surface area contributed by atoms with Gasteiger partial charge in [-0.25, -0.2) is 0 Å². The Morgan fingerprint density at radius 1 is 1.19 bits per heavy atom. The molecule has 21 heavy (non-hydrogen) atoms. The van der Waals surface area contributed by atoms with E-state index in [1.807, 2.05) is 19.1 Å². The van der Waals surface area contributed by atoms with Gasteiger partial charge in [0, 0.05) is 11.7 Å². The fourth-order valence-electron chi connectivity index (χ4n) is 3.11. The molecule has 0 bridgehead atoms. The van der Waals surface area contributed by atoms with Crippen LogP contribution in [0.2, 0.25) is 0 Å². The Bertz CT molecular complexity index is 606. The van der Waals surface area contributed by atoms with Gasteiger partial charge in [-0.2, -0.15) is 4.68 Å². The number of hydrogen-bond donors (Lipinski definition) is 1. The fraction of sp³-hybridized carbons (Fsp3) is 0.562. The van der Waals surface area contributed by atoms with Crippen LogP contribution in [0.5, 0.6) is 0 Å². The molecule has 0 spiro atoms. The minimum Gasteiger partial charge on any atom is -0.382 e. The molecule has 1 aliphatic rings. The number of anilines is 1. The maximum absolute atomic E-state index is 4.02. The fourth-order valence-corrected chi connectivity index (χ4v) is 3.11. The number of tetrazole rings is 1. The van der Waals surface area contributed by atoms with Gasteiger partial charge in [-0.15, -0.1) is 5.10 Å². The Kier molecular flexibility index (Phi) is 3.90. The molecule has 1 N–H and O–H groups in total. The number of hydrogen-bond acceptors (Lipinski definition) is 4. The summed E-state index contributed by atoms with van der Waals surface area (Å²) in [5, 5.41) is 15.3. The first-order chi connectivity index (χ1) is 10.1. The average molecular weight is 285 g/mol. The second kappa shape index (κ2) is 5.84. The van der Waals surface area contributed by atoms with Crippen LogP contribution in [0.4, 0.5) is 5.69 Å². The molecule has 3 atom stereocenters. The molecule has 1 fully saturated rings. The van der Waals surface area contributed by atoms with Gasteiger partial charge in [0.25, 0.3) is 0 Å². The van der Waals surface area contributed by atoms with E-state index in [-0.39, 0.29) is 0 Å². The van der Waals surface area contributed by atoms with Crippen LogP contribution in [-0.4, -0.2) is 26.2 Å². The molecule has 5 nitrogen and oxygen atoms in total. The van der Waals surface area contributed by atoms with Crippen LogP contribution in [0.1, 0.15) is 38.9 Å². The van der Waals surface area contributed by atoms with Crippen molar-refractivity contribution >= 4 is 5.69 Å². The highest BCUT2D eigenvalue weighted by molar-refractivity contribution is 5.51. The smallest absolute Gasteiger partial charge is 0.153 e. The van der Waals surface area contributed by atoms with Gasteiger partial charge in [-0.1, -0.05) is 19.9 Å². The lowest BCUT2D eigenvalue weighted by Crippen LogP contribution is -2.30. The maximum Gasteiger partial charge on any atom is 0.153 e.